The molecule has 5 nitrogen and oxygen atoms in total. The van der Waals surface area contributed by atoms with E-state index in [1.54, 1.807) is 18.2 Å². The first-order valence-electron chi connectivity index (χ1n) is 8.94. The zero-order valence-corrected chi connectivity index (χ0v) is 15.2. The third kappa shape index (κ3) is 7.15. The first kappa shape index (κ1) is 19.8. The normalized spacial score (nSPS) is 10.3. The third-order valence-electron chi connectivity index (χ3n) is 3.54. The van der Waals surface area contributed by atoms with Gasteiger partial charge in [-0.25, -0.2) is 0 Å². The van der Waals surface area contributed by atoms with Gasteiger partial charge in [-0.1, -0.05) is 18.2 Å². The van der Waals surface area contributed by atoms with Gasteiger partial charge < -0.3 is 18.9 Å². The van der Waals surface area contributed by atoms with Gasteiger partial charge in [-0.05, 0) is 37.3 Å². The van der Waals surface area contributed by atoms with Crippen molar-refractivity contribution >= 4 is 6.29 Å². The van der Waals surface area contributed by atoms with Crippen LogP contribution < -0.4 is 14.2 Å². The van der Waals surface area contributed by atoms with Crippen LogP contribution in [0, 0.1) is 0 Å². The summed E-state index contributed by atoms with van der Waals surface area (Å²) in [5.41, 5.74) is 0.571. The number of carbonyl (C=O) groups excluding carboxylic acids is 1. The smallest absolute Gasteiger partial charge is 0.161 e. The summed E-state index contributed by atoms with van der Waals surface area (Å²) in [7, 11) is 0. The molecule has 2 rings (SSSR count). The summed E-state index contributed by atoms with van der Waals surface area (Å²) in [5, 5.41) is 0. The van der Waals surface area contributed by atoms with Crippen LogP contribution in [0.3, 0.4) is 0 Å². The molecule has 0 N–H and O–H groups in total. The van der Waals surface area contributed by atoms with Crippen molar-refractivity contribution in [3.8, 4) is 17.2 Å². The second-order valence-electron chi connectivity index (χ2n) is 5.59. The molecular formula is C21H26O5. The average Bonchev–Trinajstić information content (AvgIpc) is 2.68. The van der Waals surface area contributed by atoms with Crippen LogP contribution >= 0.6 is 0 Å². The van der Waals surface area contributed by atoms with Crippen molar-refractivity contribution in [2.75, 3.05) is 33.0 Å². The van der Waals surface area contributed by atoms with E-state index in [4.69, 9.17) is 18.9 Å². The Morgan fingerprint density at radius 2 is 1.54 bits per heavy atom. The van der Waals surface area contributed by atoms with E-state index in [9.17, 15) is 4.79 Å². The van der Waals surface area contributed by atoms with Crippen molar-refractivity contribution in [2.45, 2.75) is 19.8 Å². The molecule has 0 radical (unpaired) electrons. The van der Waals surface area contributed by atoms with E-state index in [0.29, 0.717) is 50.1 Å². The van der Waals surface area contributed by atoms with Gasteiger partial charge in [-0.15, -0.1) is 0 Å². The van der Waals surface area contributed by atoms with Crippen LogP contribution in [0.25, 0.3) is 0 Å². The predicted molar refractivity (Wildman–Crippen MR) is 100 cm³/mol. The quantitative estimate of drug-likeness (QED) is 0.398. The molecule has 5 heteroatoms. The van der Waals surface area contributed by atoms with Crippen LogP contribution in [-0.4, -0.2) is 39.3 Å². The predicted octanol–water partition coefficient (Wildman–Crippen LogP) is 4.15. The van der Waals surface area contributed by atoms with Gasteiger partial charge in [0.05, 0.1) is 19.8 Å². The minimum atomic E-state index is 0.521. The maximum Gasteiger partial charge on any atom is 0.161 e. The van der Waals surface area contributed by atoms with E-state index in [0.717, 1.165) is 24.9 Å². The summed E-state index contributed by atoms with van der Waals surface area (Å²) in [5.74, 6) is 2.12. The molecule has 0 amide bonds. The van der Waals surface area contributed by atoms with E-state index in [1.807, 2.05) is 37.3 Å². The number of hydrogen-bond acceptors (Lipinski definition) is 5. The summed E-state index contributed by atoms with van der Waals surface area (Å²) in [6.07, 6.45) is 2.42. The minimum absolute atomic E-state index is 0.521. The summed E-state index contributed by atoms with van der Waals surface area (Å²) >= 11 is 0. The lowest BCUT2D eigenvalue weighted by Gasteiger charge is -2.12. The lowest BCUT2D eigenvalue weighted by molar-refractivity contribution is 0.107. The summed E-state index contributed by atoms with van der Waals surface area (Å²) in [6.45, 7) is 4.87. The topological polar surface area (TPSA) is 54.0 Å². The zero-order chi connectivity index (χ0) is 18.5. The number of carbonyl (C=O) groups is 1. The lowest BCUT2D eigenvalue weighted by Crippen LogP contribution is -2.07. The maximum atomic E-state index is 10.8. The van der Waals surface area contributed by atoms with Crippen LogP contribution in [0.2, 0.25) is 0 Å². The Balaban J connectivity index is 1.55. The Kier molecular flexibility index (Phi) is 9.08. The molecule has 0 saturated heterocycles. The van der Waals surface area contributed by atoms with Gasteiger partial charge >= 0.3 is 0 Å². The standard InChI is InChI=1S/C21H26O5/c1-2-24-21-16-18(17-22)10-11-20(21)26-15-7-13-23-12-6-14-25-19-8-4-3-5-9-19/h3-5,8-11,16-17H,2,6-7,12-15H2,1H3. The summed E-state index contributed by atoms with van der Waals surface area (Å²) in [4.78, 5) is 10.8. The van der Waals surface area contributed by atoms with E-state index < -0.39 is 0 Å². The van der Waals surface area contributed by atoms with Gasteiger partial charge in [0, 0.05) is 31.6 Å². The number of aldehydes is 1. The van der Waals surface area contributed by atoms with Crippen LogP contribution in [-0.2, 0) is 4.74 Å². The van der Waals surface area contributed by atoms with E-state index in [2.05, 4.69) is 0 Å². The number of benzene rings is 2. The van der Waals surface area contributed by atoms with Crippen molar-refractivity contribution in [3.05, 3.63) is 54.1 Å². The highest BCUT2D eigenvalue weighted by molar-refractivity contribution is 5.76. The molecule has 2 aromatic carbocycles. The van der Waals surface area contributed by atoms with E-state index >= 15 is 0 Å². The molecule has 0 saturated carbocycles. The van der Waals surface area contributed by atoms with Gasteiger partial charge in [0.25, 0.3) is 0 Å². The minimum Gasteiger partial charge on any atom is -0.494 e. The zero-order valence-electron chi connectivity index (χ0n) is 15.2. The van der Waals surface area contributed by atoms with Crippen molar-refractivity contribution in [1.29, 1.82) is 0 Å². The SMILES string of the molecule is CCOc1cc(C=O)ccc1OCCCOCCCOc1ccccc1. The second kappa shape index (κ2) is 11.9. The highest BCUT2D eigenvalue weighted by atomic mass is 16.5. The molecular weight excluding hydrogens is 332 g/mol. The molecule has 0 bridgehead atoms. The number of rotatable bonds is 13. The average molecular weight is 358 g/mol. The van der Waals surface area contributed by atoms with Crippen LogP contribution in [0.5, 0.6) is 17.2 Å². The monoisotopic (exact) mass is 358 g/mol. The first-order valence-corrected chi connectivity index (χ1v) is 8.94. The molecule has 0 aromatic heterocycles. The van der Waals surface area contributed by atoms with Crippen molar-refractivity contribution in [3.63, 3.8) is 0 Å². The second-order valence-corrected chi connectivity index (χ2v) is 5.59. The molecule has 140 valence electrons. The Bertz CT molecular complexity index is 642. The molecule has 0 fully saturated rings. The fourth-order valence-corrected chi connectivity index (χ4v) is 2.30. The van der Waals surface area contributed by atoms with Gasteiger partial charge in [-0.2, -0.15) is 0 Å². The Labute approximate surface area is 154 Å². The molecule has 0 heterocycles. The number of hydrogen-bond donors (Lipinski definition) is 0. The van der Waals surface area contributed by atoms with Gasteiger partial charge in [-0.3, -0.25) is 4.79 Å². The number of para-hydroxylation sites is 1. The highest BCUT2D eigenvalue weighted by Crippen LogP contribution is 2.28. The van der Waals surface area contributed by atoms with E-state index in [1.165, 1.54) is 0 Å². The third-order valence-corrected chi connectivity index (χ3v) is 3.54. The Hall–Kier alpha value is -2.53. The van der Waals surface area contributed by atoms with Gasteiger partial charge in [0.2, 0.25) is 0 Å². The molecule has 0 aliphatic carbocycles. The first-order chi connectivity index (χ1) is 12.8. The van der Waals surface area contributed by atoms with Crippen molar-refractivity contribution in [1.82, 2.24) is 0 Å². The molecule has 2 aromatic rings. The Morgan fingerprint density at radius 1 is 0.808 bits per heavy atom. The van der Waals surface area contributed by atoms with Crippen LogP contribution in [0.15, 0.2) is 48.5 Å². The summed E-state index contributed by atoms with van der Waals surface area (Å²) < 4.78 is 22.4. The highest BCUT2D eigenvalue weighted by Gasteiger charge is 2.06. The fraction of sp³-hybridized carbons (Fsp3) is 0.381. The molecule has 0 atom stereocenters. The molecule has 0 spiro atoms. The van der Waals surface area contributed by atoms with Crippen molar-refractivity contribution in [2.24, 2.45) is 0 Å². The Morgan fingerprint density at radius 3 is 2.23 bits per heavy atom. The van der Waals surface area contributed by atoms with Gasteiger partial charge in [0.1, 0.15) is 12.0 Å². The number of ether oxygens (including phenoxy) is 4. The molecule has 0 aliphatic rings. The van der Waals surface area contributed by atoms with Gasteiger partial charge in [0.15, 0.2) is 11.5 Å². The van der Waals surface area contributed by atoms with E-state index in [-0.39, 0.29) is 0 Å². The fourth-order valence-electron chi connectivity index (χ4n) is 2.30. The lowest BCUT2D eigenvalue weighted by atomic mass is 10.2. The summed E-state index contributed by atoms with van der Waals surface area (Å²) in [6, 6.07) is 14.9. The molecule has 0 unspecified atom stereocenters. The molecule has 26 heavy (non-hydrogen) atoms. The van der Waals surface area contributed by atoms with Crippen LogP contribution in [0.4, 0.5) is 0 Å². The maximum absolute atomic E-state index is 10.8. The largest absolute Gasteiger partial charge is 0.494 e. The van der Waals surface area contributed by atoms with Crippen molar-refractivity contribution < 1.29 is 23.7 Å². The molecule has 0 aliphatic heterocycles. The van der Waals surface area contributed by atoms with Crippen LogP contribution in [0.1, 0.15) is 30.1 Å².